The molecule has 2 N–H and O–H groups in total. The summed E-state index contributed by atoms with van der Waals surface area (Å²) in [6, 6.07) is 6.41. The van der Waals surface area contributed by atoms with Gasteiger partial charge in [0.1, 0.15) is 5.82 Å². The summed E-state index contributed by atoms with van der Waals surface area (Å²) in [4.78, 5) is 20.1. The third kappa shape index (κ3) is 5.27. The second kappa shape index (κ2) is 7.88. The van der Waals surface area contributed by atoms with Crippen molar-refractivity contribution < 1.29 is 4.79 Å². The molecule has 0 bridgehead atoms. The minimum Gasteiger partial charge on any atom is -0.356 e. The lowest BCUT2D eigenvalue weighted by atomic mass is 10.1. The topological polar surface area (TPSA) is 57.8 Å². The van der Waals surface area contributed by atoms with Crippen molar-refractivity contribution in [1.29, 1.82) is 0 Å². The van der Waals surface area contributed by atoms with Crippen molar-refractivity contribution in [2.45, 2.75) is 31.6 Å². The molecule has 5 heteroatoms. The molecule has 2 aromatic rings. The van der Waals surface area contributed by atoms with Crippen LogP contribution in [0.3, 0.4) is 0 Å². The normalized spacial score (nSPS) is 10.6. The largest absolute Gasteiger partial charge is 0.356 e. The Morgan fingerprint density at radius 2 is 2.19 bits per heavy atom. The summed E-state index contributed by atoms with van der Waals surface area (Å²) in [6.45, 7) is 4.84. The Balaban J connectivity index is 1.63. The number of imidazole rings is 1. The Morgan fingerprint density at radius 3 is 2.90 bits per heavy atom. The van der Waals surface area contributed by atoms with Gasteiger partial charge in [-0.2, -0.15) is 0 Å². The molecular weight excluding hydrogens is 282 g/mol. The van der Waals surface area contributed by atoms with Gasteiger partial charge in [-0.25, -0.2) is 4.98 Å². The highest BCUT2D eigenvalue weighted by molar-refractivity contribution is 7.99. The first-order valence-corrected chi connectivity index (χ1v) is 8.09. The summed E-state index contributed by atoms with van der Waals surface area (Å²) >= 11 is 1.72. The van der Waals surface area contributed by atoms with E-state index < -0.39 is 0 Å². The van der Waals surface area contributed by atoms with E-state index in [4.69, 9.17) is 0 Å². The van der Waals surface area contributed by atoms with Crippen LogP contribution in [0.25, 0.3) is 0 Å². The highest BCUT2D eigenvalue weighted by Crippen LogP contribution is 2.21. The number of nitrogens with one attached hydrogen (secondary N) is 2. The zero-order chi connectivity index (χ0) is 15.1. The SMILES string of the molecule is Cc1ccc(SCCC(=O)NCCc2ncc[nH]2)cc1C. The van der Waals surface area contributed by atoms with Gasteiger partial charge in [0.15, 0.2) is 0 Å². The summed E-state index contributed by atoms with van der Waals surface area (Å²) in [5.41, 5.74) is 2.60. The van der Waals surface area contributed by atoms with E-state index in [9.17, 15) is 4.79 Å². The molecular formula is C16H21N3OS. The molecule has 112 valence electrons. The van der Waals surface area contributed by atoms with Crippen LogP contribution in [0.15, 0.2) is 35.5 Å². The van der Waals surface area contributed by atoms with E-state index in [-0.39, 0.29) is 5.91 Å². The number of amides is 1. The lowest BCUT2D eigenvalue weighted by Crippen LogP contribution is -2.26. The van der Waals surface area contributed by atoms with Crippen LogP contribution in [0.5, 0.6) is 0 Å². The van der Waals surface area contributed by atoms with Crippen LogP contribution in [0.1, 0.15) is 23.4 Å². The van der Waals surface area contributed by atoms with Gasteiger partial charge in [-0.3, -0.25) is 4.79 Å². The predicted molar refractivity (Wildman–Crippen MR) is 86.6 cm³/mol. The molecule has 0 atom stereocenters. The van der Waals surface area contributed by atoms with E-state index in [1.807, 2.05) is 0 Å². The van der Waals surface area contributed by atoms with Gasteiger partial charge in [-0.15, -0.1) is 11.8 Å². The molecule has 0 aliphatic carbocycles. The van der Waals surface area contributed by atoms with E-state index >= 15 is 0 Å². The van der Waals surface area contributed by atoms with Gasteiger partial charge in [0.25, 0.3) is 0 Å². The number of hydrogen-bond donors (Lipinski definition) is 2. The van der Waals surface area contributed by atoms with Crippen molar-refractivity contribution in [2.24, 2.45) is 0 Å². The van der Waals surface area contributed by atoms with Crippen molar-refractivity contribution in [1.82, 2.24) is 15.3 Å². The molecule has 1 amide bonds. The maximum atomic E-state index is 11.7. The lowest BCUT2D eigenvalue weighted by molar-refractivity contribution is -0.120. The number of thioether (sulfide) groups is 1. The number of benzene rings is 1. The van der Waals surface area contributed by atoms with Gasteiger partial charge in [0.05, 0.1) is 0 Å². The maximum absolute atomic E-state index is 11.7. The molecule has 0 radical (unpaired) electrons. The zero-order valence-electron chi connectivity index (χ0n) is 12.5. The van der Waals surface area contributed by atoms with E-state index in [1.165, 1.54) is 16.0 Å². The number of carbonyl (C=O) groups excluding carboxylic acids is 1. The van der Waals surface area contributed by atoms with Gasteiger partial charge < -0.3 is 10.3 Å². The third-order valence-electron chi connectivity index (χ3n) is 3.32. The molecule has 21 heavy (non-hydrogen) atoms. The first kappa shape index (κ1) is 15.6. The molecule has 0 spiro atoms. The second-order valence-electron chi connectivity index (χ2n) is 4.98. The highest BCUT2D eigenvalue weighted by Gasteiger charge is 2.03. The van der Waals surface area contributed by atoms with Gasteiger partial charge >= 0.3 is 0 Å². The molecule has 2 rings (SSSR count). The Labute approximate surface area is 129 Å². The molecule has 1 aromatic heterocycles. The first-order valence-electron chi connectivity index (χ1n) is 7.10. The number of rotatable bonds is 7. The first-order chi connectivity index (χ1) is 10.1. The van der Waals surface area contributed by atoms with Crippen molar-refractivity contribution in [3.8, 4) is 0 Å². The monoisotopic (exact) mass is 303 g/mol. The van der Waals surface area contributed by atoms with E-state index in [1.54, 1.807) is 24.2 Å². The molecule has 0 saturated heterocycles. The fourth-order valence-electron chi connectivity index (χ4n) is 1.91. The molecule has 0 aliphatic heterocycles. The van der Waals surface area contributed by atoms with Gasteiger partial charge in [-0.05, 0) is 37.1 Å². The number of hydrogen-bond acceptors (Lipinski definition) is 3. The average molecular weight is 303 g/mol. The summed E-state index contributed by atoms with van der Waals surface area (Å²) < 4.78 is 0. The minimum atomic E-state index is 0.0953. The second-order valence-corrected chi connectivity index (χ2v) is 6.15. The quantitative estimate of drug-likeness (QED) is 0.773. The third-order valence-corrected chi connectivity index (χ3v) is 4.31. The maximum Gasteiger partial charge on any atom is 0.220 e. The molecule has 0 fully saturated rings. The van der Waals surface area contributed by atoms with E-state index in [2.05, 4.69) is 47.3 Å². The summed E-state index contributed by atoms with van der Waals surface area (Å²) in [6.07, 6.45) is 4.79. The van der Waals surface area contributed by atoms with Crippen molar-refractivity contribution in [3.05, 3.63) is 47.5 Å². The number of H-pyrrole nitrogens is 1. The molecule has 4 nitrogen and oxygen atoms in total. The van der Waals surface area contributed by atoms with Crippen LogP contribution in [0.2, 0.25) is 0 Å². The molecule has 0 unspecified atom stereocenters. The minimum absolute atomic E-state index is 0.0953. The van der Waals surface area contributed by atoms with Crippen molar-refractivity contribution in [3.63, 3.8) is 0 Å². The van der Waals surface area contributed by atoms with E-state index in [0.717, 1.165) is 18.0 Å². The number of aromatic amines is 1. The Kier molecular flexibility index (Phi) is 5.87. The van der Waals surface area contributed by atoms with Crippen molar-refractivity contribution >= 4 is 17.7 Å². The van der Waals surface area contributed by atoms with Gasteiger partial charge in [-0.1, -0.05) is 6.07 Å². The fraction of sp³-hybridized carbons (Fsp3) is 0.375. The van der Waals surface area contributed by atoms with Gasteiger partial charge in [0.2, 0.25) is 5.91 Å². The molecule has 0 saturated carbocycles. The highest BCUT2D eigenvalue weighted by atomic mass is 32.2. The molecule has 1 heterocycles. The average Bonchev–Trinajstić information content (AvgIpc) is 2.96. The van der Waals surface area contributed by atoms with Crippen LogP contribution >= 0.6 is 11.8 Å². The summed E-state index contributed by atoms with van der Waals surface area (Å²) in [5.74, 6) is 1.80. The number of aryl methyl sites for hydroxylation is 2. The Morgan fingerprint density at radius 1 is 1.33 bits per heavy atom. The predicted octanol–water partition coefficient (Wildman–Crippen LogP) is 2.87. The van der Waals surface area contributed by atoms with Crippen LogP contribution in [0.4, 0.5) is 0 Å². The van der Waals surface area contributed by atoms with Crippen LogP contribution in [-0.4, -0.2) is 28.2 Å². The van der Waals surface area contributed by atoms with Crippen LogP contribution in [0, 0.1) is 13.8 Å². The number of carbonyl (C=O) groups is 1. The standard InChI is InChI=1S/C16H21N3OS/c1-12-3-4-14(11-13(12)2)21-10-6-16(20)19-7-5-15-17-8-9-18-15/h3-4,8-9,11H,5-7,10H2,1-2H3,(H,17,18)(H,19,20). The number of aromatic nitrogens is 2. The summed E-state index contributed by atoms with van der Waals surface area (Å²) in [7, 11) is 0. The fourth-order valence-corrected chi connectivity index (χ4v) is 2.86. The van der Waals surface area contributed by atoms with Crippen molar-refractivity contribution in [2.75, 3.05) is 12.3 Å². The molecule has 1 aromatic carbocycles. The Bertz CT molecular complexity index is 581. The van der Waals surface area contributed by atoms with Crippen LogP contribution in [-0.2, 0) is 11.2 Å². The summed E-state index contributed by atoms with van der Waals surface area (Å²) in [5, 5.41) is 2.92. The number of nitrogens with zero attached hydrogens (tertiary/aromatic N) is 1. The zero-order valence-corrected chi connectivity index (χ0v) is 13.3. The van der Waals surface area contributed by atoms with E-state index in [0.29, 0.717) is 13.0 Å². The van der Waals surface area contributed by atoms with Crippen LogP contribution < -0.4 is 5.32 Å². The smallest absolute Gasteiger partial charge is 0.220 e. The molecule has 0 aliphatic rings. The van der Waals surface area contributed by atoms with Gasteiger partial charge in [0, 0.05) is 42.4 Å². The Hall–Kier alpha value is -1.75. The lowest BCUT2D eigenvalue weighted by Gasteiger charge is -2.06.